The lowest BCUT2D eigenvalue weighted by atomic mass is 9.49. The van der Waals surface area contributed by atoms with Crippen LogP contribution >= 0.6 is 11.6 Å². The van der Waals surface area contributed by atoms with Crippen LogP contribution < -0.4 is 10.2 Å². The first-order chi connectivity index (χ1) is 14.0. The third kappa shape index (κ3) is 3.73. The molecule has 0 spiro atoms. The second-order valence-corrected chi connectivity index (χ2v) is 9.67. The fourth-order valence-electron chi connectivity index (χ4n) is 6.43. The van der Waals surface area contributed by atoms with Crippen LogP contribution in [0.15, 0.2) is 29.4 Å². The van der Waals surface area contributed by atoms with E-state index in [1.165, 1.54) is 38.5 Å². The third-order valence-corrected chi connectivity index (χ3v) is 7.40. The number of rotatable bonds is 5. The van der Waals surface area contributed by atoms with E-state index in [0.717, 1.165) is 34.4 Å². The van der Waals surface area contributed by atoms with Crippen molar-refractivity contribution < 1.29 is 9.53 Å². The molecule has 6 rings (SSSR count). The van der Waals surface area contributed by atoms with Crippen LogP contribution in [0.2, 0.25) is 5.15 Å². The zero-order valence-electron chi connectivity index (χ0n) is 16.7. The minimum Gasteiger partial charge on any atom is -0.497 e. The number of fused-ring (bicyclic) bond motifs is 1. The first-order valence-corrected chi connectivity index (χ1v) is 10.9. The number of hydrogen-bond acceptors (Lipinski definition) is 4. The van der Waals surface area contributed by atoms with Crippen molar-refractivity contribution in [3.63, 3.8) is 0 Å². The average Bonchev–Trinajstić information content (AvgIpc) is 2.66. The highest BCUT2D eigenvalue weighted by atomic mass is 35.5. The maximum Gasteiger partial charge on any atom is 0.240 e. The lowest BCUT2D eigenvalue weighted by molar-refractivity contribution is -0.129. The predicted octanol–water partition coefficient (Wildman–Crippen LogP) is 4.95. The highest BCUT2D eigenvalue weighted by Gasteiger charge is 2.51. The molecule has 4 aliphatic carbocycles. The van der Waals surface area contributed by atoms with Gasteiger partial charge in [-0.1, -0.05) is 11.6 Å². The van der Waals surface area contributed by atoms with Gasteiger partial charge in [0.1, 0.15) is 10.9 Å². The maximum absolute atomic E-state index is 12.6. The molecule has 1 N–H and O–H groups in total. The summed E-state index contributed by atoms with van der Waals surface area (Å²) >= 11 is 6.29. The average molecular weight is 412 g/mol. The second kappa shape index (κ2) is 7.28. The van der Waals surface area contributed by atoms with Crippen LogP contribution in [0.25, 0.3) is 10.9 Å². The van der Waals surface area contributed by atoms with Gasteiger partial charge >= 0.3 is 0 Å². The van der Waals surface area contributed by atoms with Gasteiger partial charge in [0.2, 0.25) is 5.91 Å². The molecule has 152 valence electrons. The lowest BCUT2D eigenvalue weighted by Gasteiger charge is -2.56. The summed E-state index contributed by atoms with van der Waals surface area (Å²) < 4.78 is 5.27. The van der Waals surface area contributed by atoms with Gasteiger partial charge in [0.05, 0.1) is 18.8 Å². The fourth-order valence-corrected chi connectivity index (χ4v) is 6.62. The molecule has 2 aromatic rings. The monoisotopic (exact) mass is 411 g/mol. The van der Waals surface area contributed by atoms with Crippen LogP contribution in [0, 0.1) is 23.2 Å². The Kier molecular flexibility index (Phi) is 4.73. The van der Waals surface area contributed by atoms with Gasteiger partial charge in [-0.2, -0.15) is 5.10 Å². The zero-order valence-corrected chi connectivity index (χ0v) is 17.4. The highest BCUT2D eigenvalue weighted by molar-refractivity contribution is 6.32. The quantitative estimate of drug-likeness (QED) is 0.430. The van der Waals surface area contributed by atoms with Crippen LogP contribution in [0.4, 0.5) is 0 Å². The van der Waals surface area contributed by atoms with Crippen molar-refractivity contribution in [3.05, 3.63) is 35.0 Å². The Morgan fingerprint density at radius 3 is 2.59 bits per heavy atom. The fraction of sp³-hybridized carbons (Fsp3) is 0.522. The lowest BCUT2D eigenvalue weighted by Crippen LogP contribution is -2.47. The molecular weight excluding hydrogens is 386 g/mol. The van der Waals surface area contributed by atoms with Crippen LogP contribution in [0.3, 0.4) is 0 Å². The van der Waals surface area contributed by atoms with E-state index < -0.39 is 0 Å². The number of hydrazone groups is 1. The largest absolute Gasteiger partial charge is 0.497 e. The van der Waals surface area contributed by atoms with Gasteiger partial charge in [-0.05, 0) is 86.0 Å². The first-order valence-electron chi connectivity index (χ1n) is 10.5. The number of benzene rings is 1. The van der Waals surface area contributed by atoms with Gasteiger partial charge in [-0.15, -0.1) is 0 Å². The molecule has 0 atom stereocenters. The van der Waals surface area contributed by atoms with Crippen LogP contribution in [0.1, 0.15) is 50.5 Å². The molecule has 0 radical (unpaired) electrons. The molecule has 4 bridgehead atoms. The molecule has 1 heterocycles. The van der Waals surface area contributed by atoms with Crippen molar-refractivity contribution in [1.82, 2.24) is 10.4 Å². The summed E-state index contributed by atoms with van der Waals surface area (Å²) in [6.45, 7) is 0. The number of aromatic nitrogens is 1. The Labute approximate surface area is 175 Å². The molecule has 4 saturated carbocycles. The number of pyridine rings is 1. The van der Waals surface area contributed by atoms with Gasteiger partial charge in [-0.3, -0.25) is 4.79 Å². The molecule has 5 nitrogen and oxygen atoms in total. The van der Waals surface area contributed by atoms with E-state index in [1.54, 1.807) is 13.3 Å². The molecule has 29 heavy (non-hydrogen) atoms. The number of hydrogen-bond donors (Lipinski definition) is 1. The van der Waals surface area contributed by atoms with Crippen molar-refractivity contribution in [2.75, 3.05) is 7.11 Å². The van der Waals surface area contributed by atoms with Crippen LogP contribution in [0.5, 0.6) is 5.75 Å². The Morgan fingerprint density at radius 1 is 1.24 bits per heavy atom. The number of carbonyl (C=O) groups is 1. The number of nitrogens with one attached hydrogen (secondary N) is 1. The van der Waals surface area contributed by atoms with Crippen LogP contribution in [-0.4, -0.2) is 24.2 Å². The van der Waals surface area contributed by atoms with Gasteiger partial charge in [-0.25, -0.2) is 10.4 Å². The number of carbonyl (C=O) groups excluding carboxylic acids is 1. The van der Waals surface area contributed by atoms with Gasteiger partial charge in [0.25, 0.3) is 0 Å². The Hall–Kier alpha value is -2.14. The minimum atomic E-state index is 0.00902. The number of amides is 1. The summed E-state index contributed by atoms with van der Waals surface area (Å²) in [4.78, 5) is 17.0. The SMILES string of the molecule is COc1ccc2nc(Cl)c(/C=N\NC(=O)CC34CC5CC(CC(C5)C3)C4)cc2c1. The van der Waals surface area contributed by atoms with Gasteiger partial charge in [0.15, 0.2) is 0 Å². The Bertz CT molecular complexity index is 952. The summed E-state index contributed by atoms with van der Waals surface area (Å²) in [5.74, 6) is 3.30. The molecule has 4 aliphatic rings. The molecule has 0 unspecified atom stereocenters. The maximum atomic E-state index is 12.6. The topological polar surface area (TPSA) is 63.6 Å². The van der Waals surface area contributed by atoms with E-state index >= 15 is 0 Å². The summed E-state index contributed by atoms with van der Waals surface area (Å²) in [6.07, 6.45) is 9.99. The van der Waals surface area contributed by atoms with E-state index in [0.29, 0.717) is 17.1 Å². The Morgan fingerprint density at radius 2 is 1.93 bits per heavy atom. The van der Waals surface area contributed by atoms with E-state index in [-0.39, 0.29) is 11.3 Å². The predicted molar refractivity (Wildman–Crippen MR) is 114 cm³/mol. The molecule has 0 aliphatic heterocycles. The zero-order chi connectivity index (χ0) is 20.0. The number of halogens is 1. The smallest absolute Gasteiger partial charge is 0.240 e. The van der Waals surface area contributed by atoms with Gasteiger partial charge < -0.3 is 4.74 Å². The van der Waals surface area contributed by atoms with Crippen molar-refractivity contribution in [2.24, 2.45) is 28.3 Å². The van der Waals surface area contributed by atoms with Gasteiger partial charge in [0, 0.05) is 17.4 Å². The van der Waals surface area contributed by atoms with E-state index in [9.17, 15) is 4.79 Å². The van der Waals surface area contributed by atoms with E-state index in [4.69, 9.17) is 16.3 Å². The summed E-state index contributed by atoms with van der Waals surface area (Å²) in [7, 11) is 1.63. The van der Waals surface area contributed by atoms with Crippen molar-refractivity contribution >= 4 is 34.6 Å². The summed E-state index contributed by atoms with van der Waals surface area (Å²) in [5, 5.41) is 5.44. The first kappa shape index (κ1) is 18.9. The summed E-state index contributed by atoms with van der Waals surface area (Å²) in [5.41, 5.74) is 4.40. The molecule has 1 amide bonds. The van der Waals surface area contributed by atoms with Crippen molar-refractivity contribution in [1.29, 1.82) is 0 Å². The standard InChI is InChI=1S/C23H26ClN3O2/c1-29-19-2-3-20-17(8-19)7-18(22(24)26-20)13-25-27-21(28)12-23-9-14-4-15(10-23)6-16(5-14)11-23/h2-3,7-8,13-16H,4-6,9-12H2,1H3,(H,27,28)/b25-13-. The Balaban J connectivity index is 1.26. The third-order valence-electron chi connectivity index (χ3n) is 7.10. The second-order valence-electron chi connectivity index (χ2n) is 9.31. The minimum absolute atomic E-state index is 0.00902. The summed E-state index contributed by atoms with van der Waals surface area (Å²) in [6, 6.07) is 7.53. The highest BCUT2D eigenvalue weighted by Crippen LogP contribution is 2.61. The molecule has 1 aromatic carbocycles. The van der Waals surface area contributed by atoms with Crippen molar-refractivity contribution in [2.45, 2.75) is 44.9 Å². The molecule has 0 saturated heterocycles. The van der Waals surface area contributed by atoms with Crippen LogP contribution in [-0.2, 0) is 4.79 Å². The van der Waals surface area contributed by atoms with E-state index in [1.807, 2.05) is 24.3 Å². The van der Waals surface area contributed by atoms with Crippen molar-refractivity contribution in [3.8, 4) is 5.75 Å². The normalized spacial score (nSPS) is 30.2. The number of nitrogens with zero attached hydrogens (tertiary/aromatic N) is 2. The molecule has 6 heteroatoms. The van der Waals surface area contributed by atoms with E-state index in [2.05, 4.69) is 15.5 Å². The molecule has 1 aromatic heterocycles. The number of ether oxygens (including phenoxy) is 1. The molecule has 4 fully saturated rings. The molecular formula is C23H26ClN3O2. The number of methoxy groups -OCH3 is 1.